The van der Waals surface area contributed by atoms with Crippen LogP contribution in [0.15, 0.2) is 42.5 Å². The molecule has 0 bridgehead atoms. The Hall–Kier alpha value is -2.94. The molecule has 4 rings (SSSR count). The van der Waals surface area contributed by atoms with Crippen molar-refractivity contribution in [3.63, 3.8) is 0 Å². The van der Waals surface area contributed by atoms with E-state index in [2.05, 4.69) is 5.32 Å². The Kier molecular flexibility index (Phi) is 5.48. The van der Waals surface area contributed by atoms with Crippen molar-refractivity contribution in [2.75, 3.05) is 16.8 Å². The average Bonchev–Trinajstić information content (AvgIpc) is 2.95. The normalized spacial score (nSPS) is 17.7. The number of hydrogen-bond acceptors (Lipinski definition) is 3. The molecule has 1 saturated heterocycles. The lowest BCUT2D eigenvalue weighted by Crippen LogP contribution is -2.55. The number of aryl methyl sites for hydroxylation is 1. The summed E-state index contributed by atoms with van der Waals surface area (Å²) in [7, 11) is 1.56. The van der Waals surface area contributed by atoms with E-state index >= 15 is 0 Å². The van der Waals surface area contributed by atoms with Crippen LogP contribution >= 0.6 is 12.2 Å². The topological polar surface area (TPSA) is 52.7 Å². The van der Waals surface area contributed by atoms with Gasteiger partial charge in [0.15, 0.2) is 5.11 Å². The summed E-state index contributed by atoms with van der Waals surface area (Å²) >= 11 is 5.63. The molecule has 5 nitrogen and oxygen atoms in total. The van der Waals surface area contributed by atoms with Gasteiger partial charge in [0.1, 0.15) is 5.54 Å². The summed E-state index contributed by atoms with van der Waals surface area (Å²) in [5.41, 5.74) is 0.00331. The minimum Gasteiger partial charge on any atom is -0.359 e. The van der Waals surface area contributed by atoms with Gasteiger partial charge in [-0.25, -0.2) is 0 Å². The maximum atomic E-state index is 13.5. The van der Waals surface area contributed by atoms with Crippen LogP contribution in [0.3, 0.4) is 0 Å². The predicted octanol–water partition coefficient (Wildman–Crippen LogP) is 4.36. The van der Waals surface area contributed by atoms with Crippen molar-refractivity contribution in [3.05, 3.63) is 59.2 Å². The monoisotopic (exact) mass is 461 g/mol. The molecule has 2 fully saturated rings. The molecule has 1 aliphatic heterocycles. The first-order valence-electron chi connectivity index (χ1n) is 10.2. The Labute approximate surface area is 189 Å². The Morgan fingerprint density at radius 2 is 1.75 bits per heavy atom. The second-order valence-electron chi connectivity index (χ2n) is 8.16. The van der Waals surface area contributed by atoms with Gasteiger partial charge in [0, 0.05) is 12.7 Å². The number of nitrogens with one attached hydrogen (secondary N) is 1. The van der Waals surface area contributed by atoms with Gasteiger partial charge in [0.25, 0.3) is 5.91 Å². The summed E-state index contributed by atoms with van der Waals surface area (Å²) in [5.74, 6) is -0.425. The summed E-state index contributed by atoms with van der Waals surface area (Å²) in [4.78, 5) is 28.1. The molecule has 168 valence electrons. The van der Waals surface area contributed by atoms with Crippen LogP contribution < -0.4 is 15.1 Å². The van der Waals surface area contributed by atoms with Crippen LogP contribution in [0.2, 0.25) is 0 Å². The molecule has 1 heterocycles. The fourth-order valence-corrected chi connectivity index (χ4v) is 4.77. The van der Waals surface area contributed by atoms with Gasteiger partial charge in [0.05, 0.1) is 17.7 Å². The molecule has 2 aromatic carbocycles. The lowest BCUT2D eigenvalue weighted by Gasteiger charge is -2.43. The largest absolute Gasteiger partial charge is 0.416 e. The van der Waals surface area contributed by atoms with Crippen LogP contribution in [0.1, 0.15) is 36.0 Å². The highest BCUT2D eigenvalue weighted by Crippen LogP contribution is 2.48. The van der Waals surface area contributed by atoms with E-state index < -0.39 is 17.3 Å². The zero-order chi connectivity index (χ0) is 23.3. The first-order chi connectivity index (χ1) is 15.1. The first kappa shape index (κ1) is 22.3. The van der Waals surface area contributed by atoms with E-state index in [4.69, 9.17) is 12.2 Å². The zero-order valence-electron chi connectivity index (χ0n) is 17.6. The summed E-state index contributed by atoms with van der Waals surface area (Å²) in [6.07, 6.45) is -2.34. The number of halogens is 3. The standard InChI is InChI=1S/C23H22F3N3O2S/c1-14-4-7-17(13-18(14)23(24,25)26)28-20(31)22(10-3-11-22)29(21(28)32)16-8-5-15(6-9-16)12-19(30)27-2/h4-9,13H,3,10-12H2,1-2H3,(H,27,30). The van der Waals surface area contributed by atoms with Gasteiger partial charge in [-0.2, -0.15) is 13.2 Å². The third-order valence-corrected chi connectivity index (χ3v) is 6.58. The van der Waals surface area contributed by atoms with Crippen LogP contribution in [0.5, 0.6) is 0 Å². The van der Waals surface area contributed by atoms with Crippen LogP contribution in [0.25, 0.3) is 0 Å². The molecule has 32 heavy (non-hydrogen) atoms. The first-order valence-corrected chi connectivity index (χ1v) is 10.7. The van der Waals surface area contributed by atoms with E-state index in [0.29, 0.717) is 18.5 Å². The number of carbonyl (C=O) groups excluding carboxylic acids is 2. The Morgan fingerprint density at radius 1 is 1.12 bits per heavy atom. The molecule has 1 aliphatic carbocycles. The fraction of sp³-hybridized carbons (Fsp3) is 0.348. The zero-order valence-corrected chi connectivity index (χ0v) is 18.4. The molecule has 9 heteroatoms. The van der Waals surface area contributed by atoms with Gasteiger partial charge in [-0.15, -0.1) is 0 Å². The van der Waals surface area contributed by atoms with Crippen molar-refractivity contribution in [1.82, 2.24) is 5.32 Å². The predicted molar refractivity (Wildman–Crippen MR) is 120 cm³/mol. The van der Waals surface area contributed by atoms with Gasteiger partial charge in [-0.1, -0.05) is 18.2 Å². The summed E-state index contributed by atoms with van der Waals surface area (Å²) in [5, 5.41) is 2.73. The molecule has 0 unspecified atom stereocenters. The molecule has 2 aliphatic rings. The van der Waals surface area contributed by atoms with Crippen molar-refractivity contribution < 1.29 is 22.8 Å². The number of alkyl halides is 3. The van der Waals surface area contributed by atoms with E-state index in [0.717, 1.165) is 18.1 Å². The van der Waals surface area contributed by atoms with E-state index in [1.807, 2.05) is 0 Å². The van der Waals surface area contributed by atoms with Crippen molar-refractivity contribution in [3.8, 4) is 0 Å². The third-order valence-electron chi connectivity index (χ3n) is 6.22. The van der Waals surface area contributed by atoms with Crippen molar-refractivity contribution in [2.24, 2.45) is 0 Å². The van der Waals surface area contributed by atoms with Gasteiger partial charge in [-0.3, -0.25) is 14.5 Å². The SMILES string of the molecule is CNC(=O)Cc1ccc(N2C(=S)N(c3ccc(C)c(C(F)(F)F)c3)C(=O)C23CCC3)cc1. The van der Waals surface area contributed by atoms with Gasteiger partial charge in [0.2, 0.25) is 5.91 Å². The van der Waals surface area contributed by atoms with Gasteiger partial charge >= 0.3 is 6.18 Å². The summed E-state index contributed by atoms with van der Waals surface area (Å²) in [6, 6.07) is 11.0. The lowest BCUT2D eigenvalue weighted by molar-refractivity contribution is -0.138. The minimum absolute atomic E-state index is 0.0840. The molecule has 0 radical (unpaired) electrons. The number of nitrogens with zero attached hydrogens (tertiary/aromatic N) is 2. The molecule has 0 aromatic heterocycles. The highest BCUT2D eigenvalue weighted by atomic mass is 32.1. The van der Waals surface area contributed by atoms with Crippen LogP contribution in [-0.2, 0) is 22.2 Å². The van der Waals surface area contributed by atoms with Crippen LogP contribution in [0, 0.1) is 6.92 Å². The Morgan fingerprint density at radius 3 is 2.28 bits per heavy atom. The maximum absolute atomic E-state index is 13.5. The number of benzene rings is 2. The van der Waals surface area contributed by atoms with Crippen LogP contribution in [0.4, 0.5) is 24.5 Å². The van der Waals surface area contributed by atoms with E-state index in [9.17, 15) is 22.8 Å². The lowest BCUT2D eigenvalue weighted by atomic mass is 9.75. The average molecular weight is 462 g/mol. The number of hydrogen-bond donors (Lipinski definition) is 1. The fourth-order valence-electron chi connectivity index (χ4n) is 4.30. The van der Waals surface area contributed by atoms with E-state index in [1.165, 1.54) is 24.0 Å². The molecule has 1 spiro atoms. The molecule has 1 saturated carbocycles. The second-order valence-corrected chi connectivity index (χ2v) is 8.52. The summed E-state index contributed by atoms with van der Waals surface area (Å²) < 4.78 is 40.4. The number of amides is 2. The van der Waals surface area contributed by atoms with Crippen molar-refractivity contribution in [2.45, 2.75) is 44.3 Å². The smallest absolute Gasteiger partial charge is 0.359 e. The van der Waals surface area contributed by atoms with Crippen molar-refractivity contribution >= 4 is 40.5 Å². The molecular weight excluding hydrogens is 439 g/mol. The highest BCUT2D eigenvalue weighted by molar-refractivity contribution is 7.81. The Bertz CT molecular complexity index is 1090. The molecule has 2 amide bonds. The van der Waals surface area contributed by atoms with Crippen LogP contribution in [-0.4, -0.2) is 29.5 Å². The molecule has 2 aromatic rings. The highest BCUT2D eigenvalue weighted by Gasteiger charge is 2.59. The summed E-state index contributed by atoms with van der Waals surface area (Å²) in [6.45, 7) is 1.39. The molecule has 1 N–H and O–H groups in total. The van der Waals surface area contributed by atoms with Gasteiger partial charge < -0.3 is 10.2 Å². The number of carbonyl (C=O) groups is 2. The molecule has 0 atom stereocenters. The van der Waals surface area contributed by atoms with E-state index in [1.54, 1.807) is 36.2 Å². The number of likely N-dealkylation sites (N-methyl/N-ethyl adjacent to an activating group) is 1. The van der Waals surface area contributed by atoms with E-state index in [-0.39, 0.29) is 34.6 Å². The van der Waals surface area contributed by atoms with Gasteiger partial charge in [-0.05, 0) is 73.8 Å². The quantitative estimate of drug-likeness (QED) is 0.688. The second kappa shape index (κ2) is 7.88. The van der Waals surface area contributed by atoms with Crippen molar-refractivity contribution in [1.29, 1.82) is 0 Å². The maximum Gasteiger partial charge on any atom is 0.416 e. The third kappa shape index (κ3) is 3.54. The number of rotatable bonds is 4. The Balaban J connectivity index is 1.71. The number of thiocarbonyl (C=S) groups is 1. The number of anilines is 2. The minimum atomic E-state index is -4.53. The molecular formula is C23H22F3N3O2S.